The smallest absolute Gasteiger partial charge is 0.0699 e. The summed E-state index contributed by atoms with van der Waals surface area (Å²) in [7, 11) is 0. The van der Waals surface area contributed by atoms with Crippen molar-refractivity contribution in [1.29, 1.82) is 0 Å². The second-order valence-corrected chi connectivity index (χ2v) is 6.56. The summed E-state index contributed by atoms with van der Waals surface area (Å²) in [5.74, 6) is 1.27. The van der Waals surface area contributed by atoms with Crippen LogP contribution in [-0.2, 0) is 4.74 Å². The molecule has 3 atom stereocenters. The molecule has 1 heterocycles. The third-order valence-corrected chi connectivity index (χ3v) is 4.93. The minimum Gasteiger partial charge on any atom is -0.377 e. The minimum atomic E-state index is 0.492. The van der Waals surface area contributed by atoms with Crippen molar-refractivity contribution in [3.8, 4) is 0 Å². The molecule has 0 amide bonds. The normalized spacial score (nSPS) is 35.4. The Morgan fingerprint density at radius 3 is 2.94 bits per heavy atom. The lowest BCUT2D eigenvalue weighted by molar-refractivity contribution is 0.0155. The fourth-order valence-electron chi connectivity index (χ4n) is 2.78. The van der Waals surface area contributed by atoms with Crippen LogP contribution in [0.15, 0.2) is 0 Å². The predicted octanol–water partition coefficient (Wildman–Crippen LogP) is 2.82. The van der Waals surface area contributed by atoms with Crippen LogP contribution in [0.2, 0.25) is 0 Å². The van der Waals surface area contributed by atoms with Gasteiger partial charge in [0.15, 0.2) is 0 Å². The van der Waals surface area contributed by atoms with Gasteiger partial charge in [-0.15, -0.1) is 0 Å². The van der Waals surface area contributed by atoms with Crippen LogP contribution in [0, 0.1) is 0 Å². The molecule has 0 bridgehead atoms. The number of nitrogens with one attached hydrogen (secondary N) is 1. The quantitative estimate of drug-likeness (QED) is 0.802. The average Bonchev–Trinajstić information content (AvgIpc) is 2.76. The third kappa shape index (κ3) is 3.94. The molecule has 1 aliphatic carbocycles. The summed E-state index contributed by atoms with van der Waals surface area (Å²) >= 11 is 2.13. The maximum atomic E-state index is 5.74. The van der Waals surface area contributed by atoms with Crippen LogP contribution in [-0.4, -0.2) is 36.3 Å². The molecule has 2 fully saturated rings. The van der Waals surface area contributed by atoms with E-state index >= 15 is 0 Å². The highest BCUT2D eigenvalue weighted by Crippen LogP contribution is 2.29. The van der Waals surface area contributed by atoms with E-state index in [0.717, 1.165) is 24.4 Å². The molecule has 16 heavy (non-hydrogen) atoms. The molecule has 3 heteroatoms. The lowest BCUT2D eigenvalue weighted by atomic mass is 10.1. The van der Waals surface area contributed by atoms with E-state index in [2.05, 4.69) is 24.0 Å². The Hall–Kier alpha value is 0.270. The van der Waals surface area contributed by atoms with Gasteiger partial charge in [0.1, 0.15) is 0 Å². The molecule has 1 aliphatic heterocycles. The summed E-state index contributed by atoms with van der Waals surface area (Å²) in [6, 6.07) is 0.759. The molecule has 3 unspecified atom stereocenters. The number of ether oxygens (including phenoxy) is 1. The molecule has 94 valence electrons. The number of hydrogen-bond acceptors (Lipinski definition) is 3. The summed E-state index contributed by atoms with van der Waals surface area (Å²) in [4.78, 5) is 0. The van der Waals surface area contributed by atoms with Crippen molar-refractivity contribution in [3.05, 3.63) is 0 Å². The summed E-state index contributed by atoms with van der Waals surface area (Å²) in [5, 5.41) is 4.61. The van der Waals surface area contributed by atoms with Crippen LogP contribution in [0.25, 0.3) is 0 Å². The van der Waals surface area contributed by atoms with Crippen LogP contribution in [0.3, 0.4) is 0 Å². The van der Waals surface area contributed by atoms with Crippen molar-refractivity contribution in [1.82, 2.24) is 5.32 Å². The molecule has 1 saturated heterocycles. The summed E-state index contributed by atoms with van der Waals surface area (Å²) in [6.45, 7) is 4.32. The number of rotatable bonds is 5. The molecule has 0 spiro atoms. The molecule has 0 aromatic heterocycles. The Bertz CT molecular complexity index is 194. The molecule has 2 rings (SSSR count). The zero-order valence-corrected chi connectivity index (χ0v) is 11.2. The van der Waals surface area contributed by atoms with Gasteiger partial charge in [0.2, 0.25) is 0 Å². The number of thioether (sulfide) groups is 1. The molecule has 1 N–H and O–H groups in total. The van der Waals surface area contributed by atoms with E-state index in [4.69, 9.17) is 4.74 Å². The Balaban J connectivity index is 1.59. The van der Waals surface area contributed by atoms with E-state index in [1.165, 1.54) is 44.3 Å². The SMILES string of the molecule is CCSC1CCC(NCC2CCCCO2)C1. The first-order chi connectivity index (χ1) is 7.88. The van der Waals surface area contributed by atoms with Crippen molar-refractivity contribution >= 4 is 11.8 Å². The van der Waals surface area contributed by atoms with Gasteiger partial charge in [-0.25, -0.2) is 0 Å². The maximum Gasteiger partial charge on any atom is 0.0699 e. The highest BCUT2D eigenvalue weighted by atomic mass is 32.2. The first-order valence-corrected chi connectivity index (χ1v) is 7.90. The minimum absolute atomic E-state index is 0.492. The highest BCUT2D eigenvalue weighted by Gasteiger charge is 2.25. The van der Waals surface area contributed by atoms with E-state index in [0.29, 0.717) is 6.10 Å². The lowest BCUT2D eigenvalue weighted by Gasteiger charge is -2.24. The monoisotopic (exact) mass is 243 g/mol. The third-order valence-electron chi connectivity index (χ3n) is 3.70. The summed E-state index contributed by atoms with van der Waals surface area (Å²) < 4.78 is 5.74. The molecular formula is C13H25NOS. The van der Waals surface area contributed by atoms with Crippen LogP contribution < -0.4 is 5.32 Å². The Labute approximate surface area is 104 Å². The van der Waals surface area contributed by atoms with Gasteiger partial charge < -0.3 is 10.1 Å². The molecular weight excluding hydrogens is 218 g/mol. The Morgan fingerprint density at radius 1 is 1.25 bits per heavy atom. The Morgan fingerprint density at radius 2 is 2.19 bits per heavy atom. The molecule has 2 aliphatic rings. The lowest BCUT2D eigenvalue weighted by Crippen LogP contribution is -2.37. The van der Waals surface area contributed by atoms with Crippen molar-refractivity contribution in [2.75, 3.05) is 18.9 Å². The van der Waals surface area contributed by atoms with Gasteiger partial charge in [-0.1, -0.05) is 6.92 Å². The van der Waals surface area contributed by atoms with Crippen LogP contribution >= 0.6 is 11.8 Å². The van der Waals surface area contributed by atoms with Gasteiger partial charge in [-0.05, 0) is 44.3 Å². The van der Waals surface area contributed by atoms with Crippen LogP contribution in [0.5, 0.6) is 0 Å². The van der Waals surface area contributed by atoms with Crippen molar-refractivity contribution in [2.45, 2.75) is 62.8 Å². The molecule has 0 aromatic rings. The van der Waals surface area contributed by atoms with Gasteiger partial charge in [-0.2, -0.15) is 11.8 Å². The van der Waals surface area contributed by atoms with Crippen molar-refractivity contribution in [3.63, 3.8) is 0 Å². The van der Waals surface area contributed by atoms with E-state index in [9.17, 15) is 0 Å². The second kappa shape index (κ2) is 6.87. The molecule has 0 radical (unpaired) electrons. The second-order valence-electron chi connectivity index (χ2n) is 4.98. The van der Waals surface area contributed by atoms with E-state index in [1.807, 2.05) is 0 Å². The van der Waals surface area contributed by atoms with Crippen molar-refractivity contribution < 1.29 is 4.74 Å². The average molecular weight is 243 g/mol. The maximum absolute atomic E-state index is 5.74. The molecule has 0 aromatic carbocycles. The zero-order chi connectivity index (χ0) is 11.2. The first kappa shape index (κ1) is 12.7. The van der Waals surface area contributed by atoms with Crippen LogP contribution in [0.4, 0.5) is 0 Å². The van der Waals surface area contributed by atoms with Gasteiger partial charge >= 0.3 is 0 Å². The van der Waals surface area contributed by atoms with Gasteiger partial charge in [0.05, 0.1) is 6.10 Å². The predicted molar refractivity (Wildman–Crippen MR) is 71.2 cm³/mol. The van der Waals surface area contributed by atoms with E-state index in [1.54, 1.807) is 0 Å². The van der Waals surface area contributed by atoms with E-state index in [-0.39, 0.29) is 0 Å². The molecule has 2 nitrogen and oxygen atoms in total. The summed E-state index contributed by atoms with van der Waals surface area (Å²) in [6.07, 6.45) is 8.50. The van der Waals surface area contributed by atoms with E-state index < -0.39 is 0 Å². The summed E-state index contributed by atoms with van der Waals surface area (Å²) in [5.41, 5.74) is 0. The van der Waals surface area contributed by atoms with Gasteiger partial charge in [0, 0.05) is 24.4 Å². The van der Waals surface area contributed by atoms with Gasteiger partial charge in [0.25, 0.3) is 0 Å². The molecule has 1 saturated carbocycles. The van der Waals surface area contributed by atoms with Crippen LogP contribution in [0.1, 0.15) is 45.4 Å². The largest absolute Gasteiger partial charge is 0.377 e. The fraction of sp³-hybridized carbons (Fsp3) is 1.00. The van der Waals surface area contributed by atoms with Gasteiger partial charge in [-0.3, -0.25) is 0 Å². The topological polar surface area (TPSA) is 21.3 Å². The van der Waals surface area contributed by atoms with Crippen molar-refractivity contribution in [2.24, 2.45) is 0 Å². The standard InChI is InChI=1S/C13H25NOS/c1-2-16-13-7-6-11(9-13)14-10-12-5-3-4-8-15-12/h11-14H,2-10H2,1H3. The fourth-order valence-corrected chi connectivity index (χ4v) is 3.92. The Kier molecular flexibility index (Phi) is 5.46. The zero-order valence-electron chi connectivity index (χ0n) is 10.4. The number of hydrogen-bond donors (Lipinski definition) is 1. The highest BCUT2D eigenvalue weighted by molar-refractivity contribution is 7.99. The first-order valence-electron chi connectivity index (χ1n) is 6.85.